The lowest BCUT2D eigenvalue weighted by molar-refractivity contribution is -0.693. The number of pyridine rings is 1. The molecule has 0 radical (unpaired) electrons. The van der Waals surface area contributed by atoms with E-state index < -0.39 is 15.9 Å². The van der Waals surface area contributed by atoms with Gasteiger partial charge < -0.3 is 10.0 Å². The molecule has 2 heterocycles. The van der Waals surface area contributed by atoms with Crippen molar-refractivity contribution < 1.29 is 22.9 Å². The summed E-state index contributed by atoms with van der Waals surface area (Å²) in [6.07, 6.45) is 3.80. The predicted molar refractivity (Wildman–Crippen MR) is 160 cm³/mol. The quantitative estimate of drug-likeness (QED) is 0.296. The third kappa shape index (κ3) is 7.31. The average Bonchev–Trinajstić information content (AvgIpc) is 2.97. The van der Waals surface area contributed by atoms with Crippen molar-refractivity contribution in [2.24, 2.45) is 0 Å². The number of hydrogen-bond acceptors (Lipinski definition) is 6. The summed E-state index contributed by atoms with van der Waals surface area (Å²) < 4.78 is 29.1. The highest BCUT2D eigenvalue weighted by Gasteiger charge is 2.21. The second-order valence-corrected chi connectivity index (χ2v) is 12.0. The Hall–Kier alpha value is -4.21. The molecule has 1 fully saturated rings. The summed E-state index contributed by atoms with van der Waals surface area (Å²) >= 11 is 0. The number of hydrogen-bond donors (Lipinski definition) is 2. The number of benzene rings is 3. The molecule has 1 amide bonds. The second kappa shape index (κ2) is 12.5. The number of carbonyl (C=O) groups excluding carboxylic acids is 1. The fourth-order valence-electron chi connectivity index (χ4n) is 5.15. The molecule has 1 aromatic heterocycles. The Kier molecular flexibility index (Phi) is 8.66. The summed E-state index contributed by atoms with van der Waals surface area (Å²) in [6.45, 7) is 7.07. The maximum atomic E-state index is 12.6. The van der Waals surface area contributed by atoms with E-state index in [2.05, 4.69) is 45.8 Å². The topological polar surface area (TPSA) is 93.8 Å². The van der Waals surface area contributed by atoms with Crippen molar-refractivity contribution in [1.82, 2.24) is 9.62 Å². The molecule has 1 aliphatic heterocycles. The molecular formula is C32H35N4O4S+. The molecule has 0 unspecified atom stereocenters. The lowest BCUT2D eigenvalue weighted by Crippen LogP contribution is -2.46. The first-order valence-electron chi connectivity index (χ1n) is 13.8. The Morgan fingerprint density at radius 2 is 1.59 bits per heavy atom. The Morgan fingerprint density at radius 3 is 2.29 bits per heavy atom. The molecule has 0 bridgehead atoms. The van der Waals surface area contributed by atoms with Crippen molar-refractivity contribution >= 4 is 21.6 Å². The summed E-state index contributed by atoms with van der Waals surface area (Å²) in [5.41, 5.74) is 5.25. The van der Waals surface area contributed by atoms with Gasteiger partial charge in [-0.2, -0.15) is 0 Å². The number of aromatic hydroxyl groups is 1. The number of aromatic nitrogens is 1. The number of amides is 1. The summed E-state index contributed by atoms with van der Waals surface area (Å²) in [7, 11) is -3.80. The first-order chi connectivity index (χ1) is 19.8. The van der Waals surface area contributed by atoms with Gasteiger partial charge in [0.15, 0.2) is 11.9 Å². The number of anilines is 1. The molecule has 9 heteroatoms. The lowest BCUT2D eigenvalue weighted by atomic mass is 10.00. The standard InChI is InChI=1S/C32H34N4O4S/c1-2-34-22-28(20-30(37)23-34)31-11-7-6-10-27(31)21-35-16-18-36(19-17-35)29-14-12-26(13-15-29)32(38)33-41(39,40)24-25-8-4-3-5-9-25/h3-15,20,22-23H,2,16-19,21,24H2,1H3,(H-,33,37,38)/p+1. The molecule has 2 N–H and O–H groups in total. The van der Waals surface area contributed by atoms with Gasteiger partial charge in [0, 0.05) is 49.5 Å². The van der Waals surface area contributed by atoms with Gasteiger partial charge in [0.1, 0.15) is 6.54 Å². The van der Waals surface area contributed by atoms with Gasteiger partial charge in [-0.05, 0) is 53.9 Å². The van der Waals surface area contributed by atoms with E-state index in [0.717, 1.165) is 56.1 Å². The number of aryl methyl sites for hydroxylation is 1. The van der Waals surface area contributed by atoms with Gasteiger partial charge in [0.05, 0.1) is 5.75 Å². The van der Waals surface area contributed by atoms with Crippen LogP contribution in [0.2, 0.25) is 0 Å². The van der Waals surface area contributed by atoms with Crippen molar-refractivity contribution in [1.29, 1.82) is 0 Å². The van der Waals surface area contributed by atoms with Crippen LogP contribution in [-0.4, -0.2) is 50.5 Å². The van der Waals surface area contributed by atoms with Crippen LogP contribution in [-0.2, 0) is 28.9 Å². The normalized spacial score (nSPS) is 14.1. The number of sulfonamides is 1. The lowest BCUT2D eigenvalue weighted by Gasteiger charge is -2.36. The molecule has 1 aliphatic rings. The molecule has 5 rings (SSSR count). The summed E-state index contributed by atoms with van der Waals surface area (Å²) in [5, 5.41) is 10.2. The minimum absolute atomic E-state index is 0.251. The minimum Gasteiger partial charge on any atom is -0.503 e. The van der Waals surface area contributed by atoms with E-state index in [1.165, 1.54) is 5.56 Å². The van der Waals surface area contributed by atoms with Gasteiger partial charge in [0.2, 0.25) is 16.2 Å². The monoisotopic (exact) mass is 571 g/mol. The smallest absolute Gasteiger partial charge is 0.264 e. The van der Waals surface area contributed by atoms with E-state index in [9.17, 15) is 18.3 Å². The van der Waals surface area contributed by atoms with Gasteiger partial charge in [-0.3, -0.25) is 9.69 Å². The van der Waals surface area contributed by atoms with E-state index >= 15 is 0 Å². The second-order valence-electron chi connectivity index (χ2n) is 10.3. The maximum absolute atomic E-state index is 12.6. The summed E-state index contributed by atoms with van der Waals surface area (Å²) in [6, 6.07) is 26.0. The zero-order chi connectivity index (χ0) is 28.8. The van der Waals surface area contributed by atoms with Crippen LogP contribution in [0.3, 0.4) is 0 Å². The highest BCUT2D eigenvalue weighted by atomic mass is 32.2. The molecule has 3 aromatic carbocycles. The van der Waals surface area contributed by atoms with Crippen LogP contribution < -0.4 is 14.2 Å². The molecule has 1 saturated heterocycles. The van der Waals surface area contributed by atoms with Gasteiger partial charge in [-0.25, -0.2) is 17.7 Å². The molecule has 8 nitrogen and oxygen atoms in total. The van der Waals surface area contributed by atoms with Gasteiger partial charge in [-0.15, -0.1) is 0 Å². The van der Waals surface area contributed by atoms with Crippen LogP contribution in [0.25, 0.3) is 11.1 Å². The molecule has 0 spiro atoms. The Balaban J connectivity index is 1.18. The summed E-state index contributed by atoms with van der Waals surface area (Å²) in [5.74, 6) is -0.629. The molecule has 0 saturated carbocycles. The minimum atomic E-state index is -3.80. The van der Waals surface area contributed by atoms with Gasteiger partial charge >= 0.3 is 0 Å². The number of nitrogens with zero attached hydrogens (tertiary/aromatic N) is 3. The van der Waals surface area contributed by atoms with Crippen LogP contribution in [0.15, 0.2) is 97.3 Å². The van der Waals surface area contributed by atoms with Gasteiger partial charge in [0.25, 0.3) is 5.91 Å². The maximum Gasteiger partial charge on any atom is 0.264 e. The summed E-state index contributed by atoms with van der Waals surface area (Å²) in [4.78, 5) is 17.3. The number of piperazine rings is 1. The van der Waals surface area contributed by atoms with Crippen LogP contribution >= 0.6 is 0 Å². The van der Waals surface area contributed by atoms with E-state index in [-0.39, 0.29) is 11.5 Å². The fourth-order valence-corrected chi connectivity index (χ4v) is 6.25. The Labute approximate surface area is 241 Å². The predicted octanol–water partition coefficient (Wildman–Crippen LogP) is 3.95. The largest absolute Gasteiger partial charge is 0.503 e. The van der Waals surface area contributed by atoms with E-state index in [0.29, 0.717) is 11.1 Å². The third-order valence-electron chi connectivity index (χ3n) is 7.31. The average molecular weight is 572 g/mol. The Morgan fingerprint density at radius 1 is 0.902 bits per heavy atom. The van der Waals surface area contributed by atoms with Crippen molar-refractivity contribution in [3.63, 3.8) is 0 Å². The van der Waals surface area contributed by atoms with Crippen molar-refractivity contribution in [3.05, 3.63) is 114 Å². The van der Waals surface area contributed by atoms with Crippen LogP contribution in [0, 0.1) is 0 Å². The molecule has 0 atom stereocenters. The van der Waals surface area contributed by atoms with Crippen molar-refractivity contribution in [3.8, 4) is 16.9 Å². The molecule has 4 aromatic rings. The van der Waals surface area contributed by atoms with Crippen LogP contribution in [0.4, 0.5) is 5.69 Å². The highest BCUT2D eigenvalue weighted by Crippen LogP contribution is 2.27. The number of carbonyl (C=O) groups is 1. The molecule has 212 valence electrons. The Bertz CT molecular complexity index is 1600. The SMILES string of the molecule is CC[n+]1cc(O)cc(-c2ccccc2CN2CCN(c3ccc(C(=O)NS(=O)(=O)Cc4ccccc4)cc3)CC2)c1. The van der Waals surface area contributed by atoms with Crippen molar-refractivity contribution in [2.45, 2.75) is 25.8 Å². The fraction of sp³-hybridized carbons (Fsp3) is 0.250. The molecular weight excluding hydrogens is 536 g/mol. The highest BCUT2D eigenvalue weighted by molar-refractivity contribution is 7.89. The third-order valence-corrected chi connectivity index (χ3v) is 8.52. The zero-order valence-electron chi connectivity index (χ0n) is 23.1. The van der Waals surface area contributed by atoms with Crippen LogP contribution in [0.5, 0.6) is 5.75 Å². The zero-order valence-corrected chi connectivity index (χ0v) is 23.9. The number of nitrogens with one attached hydrogen (secondary N) is 1. The van der Waals surface area contributed by atoms with E-state index in [1.54, 1.807) is 42.6 Å². The number of rotatable bonds is 9. The van der Waals surface area contributed by atoms with E-state index in [1.807, 2.05) is 34.9 Å². The molecule has 0 aliphatic carbocycles. The van der Waals surface area contributed by atoms with Gasteiger partial charge in [-0.1, -0.05) is 54.6 Å². The van der Waals surface area contributed by atoms with Crippen molar-refractivity contribution in [2.75, 3.05) is 31.1 Å². The first-order valence-corrected chi connectivity index (χ1v) is 15.4. The first kappa shape index (κ1) is 28.3. The van der Waals surface area contributed by atoms with E-state index in [4.69, 9.17) is 0 Å². The molecule has 41 heavy (non-hydrogen) atoms. The van der Waals surface area contributed by atoms with Crippen LogP contribution in [0.1, 0.15) is 28.4 Å².